The number of likely N-dealkylation sites (tertiary alicyclic amines) is 1. The van der Waals surface area contributed by atoms with Crippen LogP contribution < -0.4 is 5.32 Å². The first-order valence-corrected chi connectivity index (χ1v) is 7.95. The molecule has 1 N–H and O–H groups in total. The quantitative estimate of drug-likeness (QED) is 0.846. The van der Waals surface area contributed by atoms with E-state index in [1.165, 1.54) is 0 Å². The lowest BCUT2D eigenvalue weighted by atomic mass is 9.96. The minimum Gasteiger partial charge on any atom is -0.343 e. The number of carbonyl (C=O) groups is 1. The van der Waals surface area contributed by atoms with Gasteiger partial charge in [-0.2, -0.15) is 4.98 Å². The van der Waals surface area contributed by atoms with Crippen LogP contribution in [0.1, 0.15) is 31.1 Å². The van der Waals surface area contributed by atoms with Crippen molar-refractivity contribution in [3.05, 3.63) is 30.3 Å². The average molecular weight is 388 g/mol. The van der Waals surface area contributed by atoms with E-state index in [0.717, 1.165) is 32.5 Å². The second kappa shape index (κ2) is 10.3. The summed E-state index contributed by atoms with van der Waals surface area (Å²) in [6.45, 7) is 2.21. The number of pyridine rings is 1. The maximum atomic E-state index is 12.0. The molecule has 138 valence electrons. The minimum absolute atomic E-state index is 0. The predicted molar refractivity (Wildman–Crippen MR) is 99.1 cm³/mol. The van der Waals surface area contributed by atoms with E-state index in [1.54, 1.807) is 6.20 Å². The Morgan fingerprint density at radius 2 is 2.08 bits per heavy atom. The van der Waals surface area contributed by atoms with E-state index >= 15 is 0 Å². The van der Waals surface area contributed by atoms with Gasteiger partial charge < -0.3 is 14.7 Å². The van der Waals surface area contributed by atoms with Crippen LogP contribution >= 0.6 is 24.8 Å². The van der Waals surface area contributed by atoms with Gasteiger partial charge in [0.05, 0.1) is 0 Å². The molecule has 0 bridgehead atoms. The number of amides is 1. The molecule has 1 aliphatic rings. The second-order valence-electron chi connectivity index (χ2n) is 5.68. The molecule has 3 rings (SSSR count). The number of hydrogen-bond donors (Lipinski definition) is 1. The van der Waals surface area contributed by atoms with Gasteiger partial charge in [0.25, 0.3) is 0 Å². The van der Waals surface area contributed by atoms with Gasteiger partial charge in [-0.05, 0) is 32.0 Å². The summed E-state index contributed by atoms with van der Waals surface area (Å²) < 4.78 is 5.40. The molecule has 0 radical (unpaired) electrons. The average Bonchev–Trinajstić information content (AvgIpc) is 3.11. The third kappa shape index (κ3) is 5.39. The van der Waals surface area contributed by atoms with Crippen LogP contribution in [0.5, 0.6) is 0 Å². The number of carbonyl (C=O) groups excluding carboxylic acids is 1. The van der Waals surface area contributed by atoms with Crippen molar-refractivity contribution in [1.82, 2.24) is 25.3 Å². The molecular formula is C16H23Cl2N5O2. The number of nitrogens with zero attached hydrogens (tertiary/aromatic N) is 4. The van der Waals surface area contributed by atoms with Gasteiger partial charge in [0.1, 0.15) is 5.69 Å². The van der Waals surface area contributed by atoms with E-state index in [-0.39, 0.29) is 36.6 Å². The summed E-state index contributed by atoms with van der Waals surface area (Å²) in [4.78, 5) is 22.6. The Balaban J connectivity index is 0.00000156. The Hall–Kier alpha value is -1.70. The fourth-order valence-electron chi connectivity index (χ4n) is 2.77. The first-order valence-electron chi connectivity index (χ1n) is 7.95. The van der Waals surface area contributed by atoms with Crippen LogP contribution in [-0.4, -0.2) is 52.6 Å². The molecule has 1 fully saturated rings. The summed E-state index contributed by atoms with van der Waals surface area (Å²) >= 11 is 0. The van der Waals surface area contributed by atoms with Gasteiger partial charge in [-0.15, -0.1) is 24.8 Å². The van der Waals surface area contributed by atoms with Gasteiger partial charge in [0.2, 0.25) is 17.6 Å². The van der Waals surface area contributed by atoms with Crippen molar-refractivity contribution in [3.63, 3.8) is 0 Å². The molecule has 0 spiro atoms. The van der Waals surface area contributed by atoms with Crippen molar-refractivity contribution in [2.75, 3.05) is 26.7 Å². The molecule has 1 amide bonds. The van der Waals surface area contributed by atoms with Crippen molar-refractivity contribution >= 4 is 30.7 Å². The highest BCUT2D eigenvalue weighted by Gasteiger charge is 2.27. The number of nitrogens with one attached hydrogen (secondary N) is 1. The molecule has 0 aromatic carbocycles. The third-order valence-corrected chi connectivity index (χ3v) is 4.12. The Morgan fingerprint density at radius 3 is 2.72 bits per heavy atom. The SMILES string of the molecule is CNCCC(=O)N1CCC(c2nc(-c3ccccn3)no2)CC1.Cl.Cl. The van der Waals surface area contributed by atoms with Crippen molar-refractivity contribution in [3.8, 4) is 11.5 Å². The van der Waals surface area contributed by atoms with Crippen LogP contribution in [0.2, 0.25) is 0 Å². The first kappa shape index (κ1) is 21.3. The zero-order valence-electron chi connectivity index (χ0n) is 14.1. The molecule has 0 unspecified atom stereocenters. The molecule has 0 saturated carbocycles. The van der Waals surface area contributed by atoms with E-state index in [4.69, 9.17) is 4.52 Å². The Morgan fingerprint density at radius 1 is 1.32 bits per heavy atom. The van der Waals surface area contributed by atoms with Crippen LogP contribution in [0.25, 0.3) is 11.5 Å². The summed E-state index contributed by atoms with van der Waals surface area (Å²) in [6.07, 6.45) is 3.97. The number of piperidine rings is 1. The first-order chi connectivity index (χ1) is 11.3. The zero-order chi connectivity index (χ0) is 16.1. The topological polar surface area (TPSA) is 84.2 Å². The van der Waals surface area contributed by atoms with Gasteiger partial charge in [-0.3, -0.25) is 9.78 Å². The molecule has 2 aromatic heterocycles. The molecule has 1 saturated heterocycles. The third-order valence-electron chi connectivity index (χ3n) is 4.12. The van der Waals surface area contributed by atoms with Gasteiger partial charge in [-0.25, -0.2) is 0 Å². The molecule has 25 heavy (non-hydrogen) atoms. The van der Waals surface area contributed by atoms with Crippen LogP contribution in [0.4, 0.5) is 0 Å². The Kier molecular flexibility index (Phi) is 8.82. The summed E-state index contributed by atoms with van der Waals surface area (Å²) in [5, 5.41) is 7.02. The lowest BCUT2D eigenvalue weighted by Crippen LogP contribution is -2.38. The van der Waals surface area contributed by atoms with Crippen LogP contribution in [0.15, 0.2) is 28.9 Å². The summed E-state index contributed by atoms with van der Waals surface area (Å²) in [5.74, 6) is 1.59. The molecular weight excluding hydrogens is 365 g/mol. The molecule has 3 heterocycles. The monoisotopic (exact) mass is 387 g/mol. The zero-order valence-corrected chi connectivity index (χ0v) is 15.7. The van der Waals surface area contributed by atoms with E-state index < -0.39 is 0 Å². The largest absolute Gasteiger partial charge is 0.343 e. The number of hydrogen-bond acceptors (Lipinski definition) is 6. The summed E-state index contributed by atoms with van der Waals surface area (Å²) in [6, 6.07) is 5.61. The molecule has 0 atom stereocenters. The molecule has 7 nitrogen and oxygen atoms in total. The van der Waals surface area contributed by atoms with Gasteiger partial charge in [0, 0.05) is 38.2 Å². The second-order valence-corrected chi connectivity index (χ2v) is 5.68. The van der Waals surface area contributed by atoms with Crippen LogP contribution in [0, 0.1) is 0 Å². The maximum absolute atomic E-state index is 12.0. The van der Waals surface area contributed by atoms with E-state index in [2.05, 4.69) is 20.4 Å². The van der Waals surface area contributed by atoms with Crippen molar-refractivity contribution in [2.24, 2.45) is 0 Å². The molecule has 0 aliphatic carbocycles. The predicted octanol–water partition coefficient (Wildman–Crippen LogP) is 2.29. The number of halogens is 2. The Labute approximate surface area is 159 Å². The maximum Gasteiger partial charge on any atom is 0.230 e. The van der Waals surface area contributed by atoms with Gasteiger partial charge in [0.15, 0.2) is 0 Å². The standard InChI is InChI=1S/C16H21N5O2.2ClH/c1-17-9-5-14(22)21-10-6-12(7-11-21)16-19-15(20-23-16)13-4-2-3-8-18-13;;/h2-4,8,12,17H,5-7,9-11H2,1H3;2*1H. The van der Waals surface area contributed by atoms with Crippen molar-refractivity contribution in [2.45, 2.75) is 25.2 Å². The van der Waals surface area contributed by atoms with E-state index in [0.29, 0.717) is 23.8 Å². The fourth-order valence-corrected chi connectivity index (χ4v) is 2.77. The van der Waals surface area contributed by atoms with Crippen molar-refractivity contribution < 1.29 is 9.32 Å². The van der Waals surface area contributed by atoms with Crippen molar-refractivity contribution in [1.29, 1.82) is 0 Å². The van der Waals surface area contributed by atoms with Gasteiger partial charge >= 0.3 is 0 Å². The fraction of sp³-hybridized carbons (Fsp3) is 0.500. The van der Waals surface area contributed by atoms with E-state index in [1.807, 2.05) is 30.1 Å². The molecule has 2 aromatic rings. The normalized spacial score (nSPS) is 14.5. The molecule has 1 aliphatic heterocycles. The highest BCUT2D eigenvalue weighted by Crippen LogP contribution is 2.28. The smallest absolute Gasteiger partial charge is 0.230 e. The highest BCUT2D eigenvalue weighted by atomic mass is 35.5. The van der Waals surface area contributed by atoms with Gasteiger partial charge in [-0.1, -0.05) is 11.2 Å². The number of rotatable bonds is 5. The summed E-state index contributed by atoms with van der Waals surface area (Å²) in [5.41, 5.74) is 0.710. The lowest BCUT2D eigenvalue weighted by molar-refractivity contribution is -0.132. The lowest BCUT2D eigenvalue weighted by Gasteiger charge is -2.30. The van der Waals surface area contributed by atoms with E-state index in [9.17, 15) is 4.79 Å². The van der Waals surface area contributed by atoms with Crippen LogP contribution in [-0.2, 0) is 4.79 Å². The summed E-state index contributed by atoms with van der Waals surface area (Å²) in [7, 11) is 1.86. The minimum atomic E-state index is 0. The number of aromatic nitrogens is 3. The highest BCUT2D eigenvalue weighted by molar-refractivity contribution is 5.85. The Bertz CT molecular complexity index is 645. The van der Waals surface area contributed by atoms with Crippen LogP contribution in [0.3, 0.4) is 0 Å². The molecule has 9 heteroatoms.